The van der Waals surface area contributed by atoms with Gasteiger partial charge in [-0.3, -0.25) is 4.79 Å². The first kappa shape index (κ1) is 19.1. The van der Waals surface area contributed by atoms with Gasteiger partial charge in [0.25, 0.3) is 0 Å². The summed E-state index contributed by atoms with van der Waals surface area (Å²) in [6, 6.07) is 6.91. The van der Waals surface area contributed by atoms with Crippen LogP contribution in [0.25, 0.3) is 10.9 Å². The second kappa shape index (κ2) is 7.94. The predicted molar refractivity (Wildman–Crippen MR) is 106 cm³/mol. The average Bonchev–Trinajstić information content (AvgIpc) is 3.15. The van der Waals surface area contributed by atoms with Crippen LogP contribution in [0.2, 0.25) is 0 Å². The van der Waals surface area contributed by atoms with Gasteiger partial charge in [-0.2, -0.15) is 4.31 Å². The molecule has 0 unspecified atom stereocenters. The number of fused-ring (bicyclic) bond motifs is 1. The normalized spacial score (nSPS) is 17.0. The fraction of sp³-hybridized carbons (Fsp3) is 0.250. The van der Waals surface area contributed by atoms with Crippen LogP contribution in [0.5, 0.6) is 0 Å². The van der Waals surface area contributed by atoms with E-state index in [0.29, 0.717) is 31.6 Å². The minimum atomic E-state index is -3.57. The van der Waals surface area contributed by atoms with E-state index < -0.39 is 10.0 Å². The topological polar surface area (TPSA) is 82.3 Å². The molecule has 1 fully saturated rings. The van der Waals surface area contributed by atoms with Crippen molar-refractivity contribution in [3.05, 3.63) is 67.5 Å². The number of nitrogens with one attached hydrogen (secondary N) is 2. The first-order valence-corrected chi connectivity index (χ1v) is 10.2. The molecule has 6 nitrogen and oxygen atoms in total. The lowest BCUT2D eigenvalue weighted by atomic mass is 9.97. The van der Waals surface area contributed by atoms with Crippen molar-refractivity contribution in [2.45, 2.75) is 17.7 Å². The third kappa shape index (κ3) is 4.04. The minimum absolute atomic E-state index is 0.117. The molecule has 2 aromatic rings. The molecule has 142 valence electrons. The molecule has 3 rings (SSSR count). The number of rotatable bonds is 6. The number of carbonyl (C=O) groups is 1. The van der Waals surface area contributed by atoms with E-state index in [1.54, 1.807) is 42.6 Å². The Morgan fingerprint density at radius 1 is 1.22 bits per heavy atom. The third-order valence-corrected chi connectivity index (χ3v) is 6.67. The second-order valence-corrected chi connectivity index (χ2v) is 8.39. The van der Waals surface area contributed by atoms with Crippen LogP contribution in [0.1, 0.15) is 12.8 Å². The number of aromatic amines is 1. The lowest BCUT2D eigenvalue weighted by Gasteiger charge is -2.30. The van der Waals surface area contributed by atoms with Gasteiger partial charge >= 0.3 is 0 Å². The van der Waals surface area contributed by atoms with Crippen molar-refractivity contribution in [3.63, 3.8) is 0 Å². The highest BCUT2D eigenvalue weighted by molar-refractivity contribution is 7.89. The summed E-state index contributed by atoms with van der Waals surface area (Å²) >= 11 is 0. The number of hydrogen-bond acceptors (Lipinski definition) is 3. The number of sulfonamides is 1. The Hall–Kier alpha value is -2.64. The molecule has 27 heavy (non-hydrogen) atoms. The molecule has 1 aliphatic rings. The van der Waals surface area contributed by atoms with Gasteiger partial charge in [0.1, 0.15) is 0 Å². The lowest BCUT2D eigenvalue weighted by Crippen LogP contribution is -2.42. The molecule has 1 amide bonds. The molecular weight excluding hydrogens is 362 g/mol. The summed E-state index contributed by atoms with van der Waals surface area (Å²) in [5, 5.41) is 3.66. The van der Waals surface area contributed by atoms with Gasteiger partial charge in [-0.1, -0.05) is 19.2 Å². The smallest absolute Gasteiger partial charge is 0.243 e. The van der Waals surface area contributed by atoms with E-state index in [1.165, 1.54) is 4.31 Å². The Labute approximate surface area is 159 Å². The van der Waals surface area contributed by atoms with Crippen LogP contribution < -0.4 is 5.32 Å². The van der Waals surface area contributed by atoms with E-state index in [1.807, 2.05) is 6.07 Å². The van der Waals surface area contributed by atoms with E-state index >= 15 is 0 Å². The standard InChI is InChI=1S/C20H23N3O3S/c1-3-5-17(4-2)22-20(24)15-9-12-23(13-10-15)27(25,26)18-6-7-19-16(14-18)8-11-21-19/h3-8,11,14-15,21H,1-2,9-10,12-13H2,(H,22,24)/b17-5+. The maximum absolute atomic E-state index is 12.9. The van der Waals surface area contributed by atoms with E-state index in [9.17, 15) is 13.2 Å². The van der Waals surface area contributed by atoms with Crippen molar-refractivity contribution in [3.8, 4) is 0 Å². The first-order chi connectivity index (χ1) is 13.0. The van der Waals surface area contributed by atoms with Crippen LogP contribution in [0.3, 0.4) is 0 Å². The molecule has 0 radical (unpaired) electrons. The van der Waals surface area contributed by atoms with E-state index in [4.69, 9.17) is 0 Å². The van der Waals surface area contributed by atoms with Gasteiger partial charge in [0.2, 0.25) is 15.9 Å². The zero-order valence-electron chi connectivity index (χ0n) is 15.0. The van der Waals surface area contributed by atoms with E-state index in [-0.39, 0.29) is 16.7 Å². The highest BCUT2D eigenvalue weighted by Gasteiger charge is 2.32. The molecule has 0 aliphatic carbocycles. The summed E-state index contributed by atoms with van der Waals surface area (Å²) in [6.07, 6.45) is 7.54. The number of piperidine rings is 1. The van der Waals surface area contributed by atoms with Gasteiger partial charge in [-0.05, 0) is 49.3 Å². The molecule has 2 N–H and O–H groups in total. The molecule has 0 atom stereocenters. The first-order valence-electron chi connectivity index (χ1n) is 8.79. The Morgan fingerprint density at radius 3 is 2.63 bits per heavy atom. The molecule has 0 saturated carbocycles. The number of nitrogens with zero attached hydrogens (tertiary/aromatic N) is 1. The van der Waals surface area contributed by atoms with Crippen molar-refractivity contribution in [2.24, 2.45) is 5.92 Å². The highest BCUT2D eigenvalue weighted by atomic mass is 32.2. The third-order valence-electron chi connectivity index (χ3n) is 4.77. The van der Waals surface area contributed by atoms with Crippen molar-refractivity contribution in [1.29, 1.82) is 0 Å². The fourth-order valence-corrected chi connectivity index (χ4v) is 4.74. The average molecular weight is 385 g/mol. The van der Waals surface area contributed by atoms with Gasteiger partial charge in [0, 0.05) is 41.8 Å². The monoisotopic (exact) mass is 385 g/mol. The summed E-state index contributed by atoms with van der Waals surface area (Å²) in [6.45, 7) is 7.89. The van der Waals surface area contributed by atoms with Crippen LogP contribution in [0.15, 0.2) is 72.4 Å². The van der Waals surface area contributed by atoms with Crippen molar-refractivity contribution in [1.82, 2.24) is 14.6 Å². The molecule has 1 aromatic heterocycles. The number of H-pyrrole nitrogens is 1. The van der Waals surface area contributed by atoms with Crippen LogP contribution in [0, 0.1) is 5.92 Å². The van der Waals surface area contributed by atoms with Gasteiger partial charge in [-0.25, -0.2) is 8.42 Å². The quantitative estimate of drug-likeness (QED) is 0.750. The molecule has 1 aromatic carbocycles. The summed E-state index contributed by atoms with van der Waals surface area (Å²) in [5.74, 6) is -0.342. The maximum atomic E-state index is 12.9. The number of aromatic nitrogens is 1. The van der Waals surface area contributed by atoms with Gasteiger partial charge in [0.05, 0.1) is 4.90 Å². The van der Waals surface area contributed by atoms with E-state index in [2.05, 4.69) is 23.5 Å². The summed E-state index contributed by atoms with van der Waals surface area (Å²) < 4.78 is 27.3. The second-order valence-electron chi connectivity index (χ2n) is 6.46. The molecule has 0 bridgehead atoms. The van der Waals surface area contributed by atoms with Crippen LogP contribution in [0.4, 0.5) is 0 Å². The number of amides is 1. The summed E-state index contributed by atoms with van der Waals surface area (Å²) in [5.41, 5.74) is 1.49. The number of allylic oxidation sites excluding steroid dienone is 3. The molecule has 1 aliphatic heterocycles. The Bertz CT molecular complexity index is 996. The number of benzene rings is 1. The van der Waals surface area contributed by atoms with Gasteiger partial charge in [0.15, 0.2) is 0 Å². The molecule has 7 heteroatoms. The van der Waals surface area contributed by atoms with Crippen LogP contribution in [-0.2, 0) is 14.8 Å². The molecule has 0 spiro atoms. The fourth-order valence-electron chi connectivity index (χ4n) is 3.23. The van der Waals surface area contributed by atoms with Crippen LogP contribution in [-0.4, -0.2) is 36.7 Å². The SMILES string of the molecule is C=C/C=C(\C=C)NC(=O)C1CCN(S(=O)(=O)c2ccc3[nH]ccc3c2)CC1. The molecule has 2 heterocycles. The Kier molecular flexibility index (Phi) is 5.62. The number of carbonyl (C=O) groups excluding carboxylic acids is 1. The Morgan fingerprint density at radius 2 is 1.96 bits per heavy atom. The zero-order chi connectivity index (χ0) is 19.4. The largest absolute Gasteiger partial charge is 0.361 e. The summed E-state index contributed by atoms with van der Waals surface area (Å²) in [4.78, 5) is 15.7. The van der Waals surface area contributed by atoms with Crippen molar-refractivity contribution < 1.29 is 13.2 Å². The van der Waals surface area contributed by atoms with Gasteiger partial charge in [-0.15, -0.1) is 0 Å². The highest BCUT2D eigenvalue weighted by Crippen LogP contribution is 2.26. The Balaban J connectivity index is 1.67. The number of hydrogen-bond donors (Lipinski definition) is 2. The van der Waals surface area contributed by atoms with Crippen LogP contribution >= 0.6 is 0 Å². The van der Waals surface area contributed by atoms with Gasteiger partial charge < -0.3 is 10.3 Å². The summed E-state index contributed by atoms with van der Waals surface area (Å²) in [7, 11) is -3.57. The predicted octanol–water partition coefficient (Wildman–Crippen LogP) is 2.94. The maximum Gasteiger partial charge on any atom is 0.243 e. The van der Waals surface area contributed by atoms with Crippen molar-refractivity contribution in [2.75, 3.05) is 13.1 Å². The van der Waals surface area contributed by atoms with E-state index in [0.717, 1.165) is 10.9 Å². The molecule has 1 saturated heterocycles. The van der Waals surface area contributed by atoms with Crippen molar-refractivity contribution >= 4 is 26.8 Å². The minimum Gasteiger partial charge on any atom is -0.361 e. The zero-order valence-corrected chi connectivity index (χ0v) is 15.8. The lowest BCUT2D eigenvalue weighted by molar-refractivity contribution is -0.125. The molecular formula is C20H23N3O3S.